The highest BCUT2D eigenvalue weighted by molar-refractivity contribution is 5.91. The number of furan rings is 1. The van der Waals surface area contributed by atoms with Crippen molar-refractivity contribution in [3.05, 3.63) is 29.5 Å². The number of fused-ring (bicyclic) bond motifs is 1. The van der Waals surface area contributed by atoms with Crippen molar-refractivity contribution in [1.82, 2.24) is 0 Å². The number of aryl methyl sites for hydroxylation is 2. The molecule has 1 N–H and O–H groups in total. The molecule has 0 aliphatic carbocycles. The van der Waals surface area contributed by atoms with E-state index in [0.717, 1.165) is 17.0 Å². The molecule has 2 nitrogen and oxygen atoms in total. The maximum atomic E-state index is 5.66. The van der Waals surface area contributed by atoms with Gasteiger partial charge in [-0.15, -0.1) is 0 Å². The molecule has 0 spiro atoms. The van der Waals surface area contributed by atoms with Gasteiger partial charge in [-0.2, -0.15) is 0 Å². The molecule has 0 aliphatic heterocycles. The van der Waals surface area contributed by atoms with Gasteiger partial charge in [0.2, 0.25) is 0 Å². The lowest BCUT2D eigenvalue weighted by atomic mass is 10.1. The second-order valence-corrected chi connectivity index (χ2v) is 3.22. The minimum atomic E-state index is 0.958. The summed E-state index contributed by atoms with van der Waals surface area (Å²) in [5.41, 5.74) is 3.24. The van der Waals surface area contributed by atoms with Crippen molar-refractivity contribution in [1.29, 1.82) is 0 Å². The van der Waals surface area contributed by atoms with Gasteiger partial charge < -0.3 is 9.73 Å². The molecule has 0 saturated carbocycles. The summed E-state index contributed by atoms with van der Waals surface area (Å²) < 4.78 is 5.66. The van der Waals surface area contributed by atoms with Crippen LogP contribution in [-0.2, 0) is 0 Å². The lowest BCUT2D eigenvalue weighted by Crippen LogP contribution is -1.86. The predicted molar refractivity (Wildman–Crippen MR) is 55.2 cm³/mol. The van der Waals surface area contributed by atoms with E-state index in [0.29, 0.717) is 0 Å². The minimum absolute atomic E-state index is 0.958. The third-order valence-electron chi connectivity index (χ3n) is 2.47. The SMILES string of the molecule is CNc1cccc2c(C)c(C)oc12. The molecule has 2 heteroatoms. The van der Waals surface area contributed by atoms with Crippen LogP contribution in [0.25, 0.3) is 11.0 Å². The predicted octanol–water partition coefficient (Wildman–Crippen LogP) is 3.09. The zero-order chi connectivity index (χ0) is 9.42. The van der Waals surface area contributed by atoms with E-state index >= 15 is 0 Å². The summed E-state index contributed by atoms with van der Waals surface area (Å²) in [7, 11) is 1.90. The van der Waals surface area contributed by atoms with Crippen molar-refractivity contribution in [3.63, 3.8) is 0 Å². The fourth-order valence-corrected chi connectivity index (χ4v) is 1.56. The normalized spacial score (nSPS) is 10.7. The molecule has 0 bridgehead atoms. The minimum Gasteiger partial charge on any atom is -0.459 e. The van der Waals surface area contributed by atoms with Gasteiger partial charge in [0.05, 0.1) is 5.69 Å². The van der Waals surface area contributed by atoms with Gasteiger partial charge in [0.25, 0.3) is 0 Å². The second-order valence-electron chi connectivity index (χ2n) is 3.22. The maximum Gasteiger partial charge on any atom is 0.157 e. The van der Waals surface area contributed by atoms with E-state index in [4.69, 9.17) is 4.42 Å². The molecule has 1 heterocycles. The Balaban J connectivity index is 2.84. The Kier molecular flexibility index (Phi) is 1.76. The van der Waals surface area contributed by atoms with Gasteiger partial charge in [0.1, 0.15) is 5.76 Å². The van der Waals surface area contributed by atoms with E-state index < -0.39 is 0 Å². The highest BCUT2D eigenvalue weighted by atomic mass is 16.3. The molecular weight excluding hydrogens is 162 g/mol. The molecule has 13 heavy (non-hydrogen) atoms. The van der Waals surface area contributed by atoms with Crippen LogP contribution < -0.4 is 5.32 Å². The molecule has 0 fully saturated rings. The Labute approximate surface area is 77.6 Å². The van der Waals surface area contributed by atoms with Crippen molar-refractivity contribution < 1.29 is 4.42 Å². The van der Waals surface area contributed by atoms with Crippen LogP contribution in [0.3, 0.4) is 0 Å². The summed E-state index contributed by atoms with van der Waals surface area (Å²) >= 11 is 0. The molecule has 0 amide bonds. The Bertz CT molecular complexity index is 443. The van der Waals surface area contributed by atoms with E-state index in [2.05, 4.69) is 18.3 Å². The summed E-state index contributed by atoms with van der Waals surface area (Å²) in [5, 5.41) is 4.32. The number of anilines is 1. The molecule has 68 valence electrons. The lowest BCUT2D eigenvalue weighted by Gasteiger charge is -1.99. The number of nitrogens with one attached hydrogen (secondary N) is 1. The summed E-state index contributed by atoms with van der Waals surface area (Å²) in [6.45, 7) is 4.08. The van der Waals surface area contributed by atoms with Crippen LogP contribution in [0.15, 0.2) is 22.6 Å². The number of hydrogen-bond acceptors (Lipinski definition) is 2. The number of rotatable bonds is 1. The number of benzene rings is 1. The average Bonchev–Trinajstić information content (AvgIpc) is 2.43. The molecule has 0 atom stereocenters. The maximum absolute atomic E-state index is 5.66. The molecular formula is C11H13NO. The summed E-state index contributed by atoms with van der Waals surface area (Å²) in [6, 6.07) is 6.14. The van der Waals surface area contributed by atoms with E-state index in [1.807, 2.05) is 26.1 Å². The molecule has 2 aromatic rings. The first-order valence-electron chi connectivity index (χ1n) is 4.40. The fourth-order valence-electron chi connectivity index (χ4n) is 1.56. The van der Waals surface area contributed by atoms with E-state index in [1.165, 1.54) is 10.9 Å². The zero-order valence-corrected chi connectivity index (χ0v) is 8.14. The van der Waals surface area contributed by atoms with Crippen molar-refractivity contribution in [3.8, 4) is 0 Å². The summed E-state index contributed by atoms with van der Waals surface area (Å²) in [4.78, 5) is 0. The van der Waals surface area contributed by atoms with Crippen LogP contribution >= 0.6 is 0 Å². The van der Waals surface area contributed by atoms with Crippen molar-refractivity contribution >= 4 is 16.7 Å². The van der Waals surface area contributed by atoms with Gasteiger partial charge >= 0.3 is 0 Å². The monoisotopic (exact) mass is 175 g/mol. The zero-order valence-electron chi connectivity index (χ0n) is 8.14. The smallest absolute Gasteiger partial charge is 0.157 e. The van der Waals surface area contributed by atoms with Crippen LogP contribution in [0.2, 0.25) is 0 Å². The van der Waals surface area contributed by atoms with E-state index in [-0.39, 0.29) is 0 Å². The quantitative estimate of drug-likeness (QED) is 0.720. The largest absolute Gasteiger partial charge is 0.459 e. The van der Waals surface area contributed by atoms with Crippen LogP contribution in [0, 0.1) is 13.8 Å². The Morgan fingerprint density at radius 1 is 1.23 bits per heavy atom. The number of para-hydroxylation sites is 1. The van der Waals surface area contributed by atoms with Crippen LogP contribution in [0.4, 0.5) is 5.69 Å². The van der Waals surface area contributed by atoms with Crippen LogP contribution in [0.5, 0.6) is 0 Å². The van der Waals surface area contributed by atoms with Crippen molar-refractivity contribution in [2.45, 2.75) is 13.8 Å². The molecule has 0 unspecified atom stereocenters. The van der Waals surface area contributed by atoms with Gasteiger partial charge in [-0.1, -0.05) is 12.1 Å². The summed E-state index contributed by atoms with van der Waals surface area (Å²) in [6.07, 6.45) is 0. The first kappa shape index (κ1) is 8.17. The Morgan fingerprint density at radius 2 is 2.00 bits per heavy atom. The van der Waals surface area contributed by atoms with Gasteiger partial charge in [-0.25, -0.2) is 0 Å². The van der Waals surface area contributed by atoms with Gasteiger partial charge in [0, 0.05) is 12.4 Å². The van der Waals surface area contributed by atoms with Crippen molar-refractivity contribution in [2.75, 3.05) is 12.4 Å². The second kappa shape index (κ2) is 2.80. The average molecular weight is 175 g/mol. The number of hydrogen-bond donors (Lipinski definition) is 1. The fraction of sp³-hybridized carbons (Fsp3) is 0.273. The highest BCUT2D eigenvalue weighted by Gasteiger charge is 2.08. The molecule has 0 aliphatic rings. The summed E-state index contributed by atoms with van der Waals surface area (Å²) in [5.74, 6) is 0.998. The topological polar surface area (TPSA) is 25.2 Å². The van der Waals surface area contributed by atoms with E-state index in [9.17, 15) is 0 Å². The highest BCUT2D eigenvalue weighted by Crippen LogP contribution is 2.29. The first-order valence-corrected chi connectivity index (χ1v) is 4.40. The molecule has 2 rings (SSSR count). The van der Waals surface area contributed by atoms with Gasteiger partial charge in [-0.05, 0) is 25.5 Å². The molecule has 0 radical (unpaired) electrons. The molecule has 0 saturated heterocycles. The Hall–Kier alpha value is -1.44. The van der Waals surface area contributed by atoms with Crippen LogP contribution in [0.1, 0.15) is 11.3 Å². The van der Waals surface area contributed by atoms with E-state index in [1.54, 1.807) is 0 Å². The first-order chi connectivity index (χ1) is 6.24. The molecule has 1 aromatic carbocycles. The lowest BCUT2D eigenvalue weighted by molar-refractivity contribution is 0.576. The third-order valence-corrected chi connectivity index (χ3v) is 2.47. The van der Waals surface area contributed by atoms with Crippen LogP contribution in [-0.4, -0.2) is 7.05 Å². The van der Waals surface area contributed by atoms with Gasteiger partial charge in [-0.3, -0.25) is 0 Å². The van der Waals surface area contributed by atoms with Gasteiger partial charge in [0.15, 0.2) is 5.58 Å². The third kappa shape index (κ3) is 1.10. The standard InChI is InChI=1S/C11H13NO/c1-7-8(2)13-11-9(7)5-4-6-10(11)12-3/h4-6,12H,1-3H3. The van der Waals surface area contributed by atoms with Crippen molar-refractivity contribution in [2.24, 2.45) is 0 Å². The Morgan fingerprint density at radius 3 is 2.69 bits per heavy atom. The molecule has 1 aromatic heterocycles.